The number of benzene rings is 1. The molecule has 1 amide bonds. The summed E-state index contributed by atoms with van der Waals surface area (Å²) in [6.07, 6.45) is -2.81. The standard InChI is InChI=1S/C18H26F3N3O3S/c1-3-15(4-2)22-17(25)13-23-9-11-24(12-10-23)28(26,27)16-7-5-14(6-8-16)18(19,20)21/h5-8,15H,3-4,9-13H2,1-2H3,(H,22,25). The molecule has 0 unspecified atom stereocenters. The van der Waals surface area contributed by atoms with Gasteiger partial charge >= 0.3 is 6.18 Å². The Kier molecular flexibility index (Phi) is 7.46. The summed E-state index contributed by atoms with van der Waals surface area (Å²) in [6.45, 7) is 5.33. The van der Waals surface area contributed by atoms with Crippen molar-refractivity contribution in [2.24, 2.45) is 0 Å². The molecule has 6 nitrogen and oxygen atoms in total. The number of piperazine rings is 1. The zero-order chi connectivity index (χ0) is 20.9. The molecule has 0 spiro atoms. The van der Waals surface area contributed by atoms with E-state index in [9.17, 15) is 26.4 Å². The molecule has 0 aromatic heterocycles. The van der Waals surface area contributed by atoms with Gasteiger partial charge in [-0.3, -0.25) is 9.69 Å². The molecule has 2 rings (SSSR count). The SMILES string of the molecule is CCC(CC)NC(=O)CN1CCN(S(=O)(=O)c2ccc(C(F)(F)F)cc2)CC1. The minimum atomic E-state index is -4.51. The largest absolute Gasteiger partial charge is 0.416 e. The molecule has 10 heteroatoms. The van der Waals surface area contributed by atoms with Crippen LogP contribution in [-0.2, 0) is 21.0 Å². The first-order valence-corrected chi connectivity index (χ1v) is 10.7. The fraction of sp³-hybridized carbons (Fsp3) is 0.611. The molecule has 0 atom stereocenters. The highest BCUT2D eigenvalue weighted by Crippen LogP contribution is 2.30. The zero-order valence-electron chi connectivity index (χ0n) is 16.0. The molecule has 1 aromatic carbocycles. The summed E-state index contributed by atoms with van der Waals surface area (Å²) in [6, 6.07) is 3.63. The fourth-order valence-corrected chi connectivity index (χ4v) is 4.48. The topological polar surface area (TPSA) is 69.7 Å². The highest BCUT2D eigenvalue weighted by atomic mass is 32.2. The molecule has 1 aliphatic heterocycles. The van der Waals surface area contributed by atoms with Crippen LogP contribution in [0.2, 0.25) is 0 Å². The van der Waals surface area contributed by atoms with Gasteiger partial charge in [0.1, 0.15) is 0 Å². The number of halogens is 3. The molecule has 28 heavy (non-hydrogen) atoms. The highest BCUT2D eigenvalue weighted by Gasteiger charge is 2.32. The van der Waals surface area contributed by atoms with Crippen LogP contribution >= 0.6 is 0 Å². The van der Waals surface area contributed by atoms with E-state index in [1.54, 1.807) is 0 Å². The average Bonchev–Trinajstić information content (AvgIpc) is 2.66. The zero-order valence-corrected chi connectivity index (χ0v) is 16.8. The Labute approximate surface area is 163 Å². The van der Waals surface area contributed by atoms with Crippen LogP contribution < -0.4 is 5.32 Å². The van der Waals surface area contributed by atoms with Gasteiger partial charge in [0.2, 0.25) is 15.9 Å². The lowest BCUT2D eigenvalue weighted by molar-refractivity contribution is -0.137. The molecule has 0 radical (unpaired) electrons. The van der Waals surface area contributed by atoms with Crippen molar-refractivity contribution >= 4 is 15.9 Å². The summed E-state index contributed by atoms with van der Waals surface area (Å²) in [4.78, 5) is 13.8. The number of hydrogen-bond acceptors (Lipinski definition) is 4. The molecule has 158 valence electrons. The number of alkyl halides is 3. The smallest absolute Gasteiger partial charge is 0.352 e. The molecule has 0 bridgehead atoms. The Morgan fingerprint density at radius 1 is 1.07 bits per heavy atom. The van der Waals surface area contributed by atoms with E-state index in [0.717, 1.165) is 37.1 Å². The lowest BCUT2D eigenvalue weighted by Crippen LogP contribution is -2.51. The van der Waals surface area contributed by atoms with Crippen molar-refractivity contribution in [3.63, 3.8) is 0 Å². The Bertz CT molecular complexity index is 755. The van der Waals surface area contributed by atoms with Crippen molar-refractivity contribution in [3.05, 3.63) is 29.8 Å². The van der Waals surface area contributed by atoms with Gasteiger partial charge in [-0.25, -0.2) is 8.42 Å². The van der Waals surface area contributed by atoms with Crippen LogP contribution in [0.5, 0.6) is 0 Å². The third-order valence-corrected chi connectivity index (χ3v) is 6.78. The number of amides is 1. The van der Waals surface area contributed by atoms with Gasteiger partial charge in [0.25, 0.3) is 0 Å². The van der Waals surface area contributed by atoms with Gasteiger partial charge in [-0.15, -0.1) is 0 Å². The van der Waals surface area contributed by atoms with E-state index in [2.05, 4.69) is 5.32 Å². The molecule has 1 saturated heterocycles. The van der Waals surface area contributed by atoms with E-state index in [0.29, 0.717) is 13.1 Å². The summed E-state index contributed by atoms with van der Waals surface area (Å²) in [5.74, 6) is -0.0900. The number of nitrogens with one attached hydrogen (secondary N) is 1. The molecule has 1 heterocycles. The van der Waals surface area contributed by atoms with E-state index in [-0.39, 0.29) is 36.5 Å². The minimum Gasteiger partial charge on any atom is -0.352 e. The van der Waals surface area contributed by atoms with Gasteiger partial charge in [-0.2, -0.15) is 17.5 Å². The van der Waals surface area contributed by atoms with E-state index in [1.807, 2.05) is 18.7 Å². The van der Waals surface area contributed by atoms with Crippen LogP contribution in [0.4, 0.5) is 13.2 Å². The van der Waals surface area contributed by atoms with E-state index < -0.39 is 21.8 Å². The molecule has 1 aromatic rings. The molecule has 1 aliphatic rings. The maximum atomic E-state index is 12.6. The highest BCUT2D eigenvalue weighted by molar-refractivity contribution is 7.89. The third kappa shape index (κ3) is 5.68. The van der Waals surface area contributed by atoms with Crippen molar-refractivity contribution in [1.82, 2.24) is 14.5 Å². The van der Waals surface area contributed by atoms with Crippen molar-refractivity contribution in [3.8, 4) is 0 Å². The summed E-state index contributed by atoms with van der Waals surface area (Å²) in [5, 5.41) is 2.94. The number of hydrogen-bond donors (Lipinski definition) is 1. The number of nitrogens with zero attached hydrogens (tertiary/aromatic N) is 2. The van der Waals surface area contributed by atoms with Crippen molar-refractivity contribution in [1.29, 1.82) is 0 Å². The quantitative estimate of drug-likeness (QED) is 0.734. The summed E-state index contributed by atoms with van der Waals surface area (Å²) in [7, 11) is -3.86. The minimum absolute atomic E-state index is 0.0900. The van der Waals surface area contributed by atoms with Gasteiger partial charge < -0.3 is 5.32 Å². The Hall–Kier alpha value is -1.65. The van der Waals surface area contributed by atoms with Crippen LogP contribution in [0.15, 0.2) is 29.2 Å². The second-order valence-corrected chi connectivity index (χ2v) is 8.72. The van der Waals surface area contributed by atoms with E-state index in [1.165, 1.54) is 4.31 Å². The Morgan fingerprint density at radius 3 is 2.07 bits per heavy atom. The lowest BCUT2D eigenvalue weighted by Gasteiger charge is -2.33. The van der Waals surface area contributed by atoms with Crippen molar-refractivity contribution in [2.75, 3.05) is 32.7 Å². The van der Waals surface area contributed by atoms with Crippen LogP contribution in [0.3, 0.4) is 0 Å². The van der Waals surface area contributed by atoms with Gasteiger partial charge in [0.15, 0.2) is 0 Å². The first-order valence-electron chi connectivity index (χ1n) is 9.27. The predicted molar refractivity (Wildman–Crippen MR) is 99.2 cm³/mol. The van der Waals surface area contributed by atoms with Crippen LogP contribution in [0.1, 0.15) is 32.3 Å². The van der Waals surface area contributed by atoms with Crippen LogP contribution in [-0.4, -0.2) is 62.3 Å². The summed E-state index contributed by atoms with van der Waals surface area (Å²) in [5.41, 5.74) is -0.889. The molecule has 1 N–H and O–H groups in total. The monoisotopic (exact) mass is 421 g/mol. The number of carbonyl (C=O) groups is 1. The molecular weight excluding hydrogens is 395 g/mol. The third-order valence-electron chi connectivity index (χ3n) is 4.87. The maximum absolute atomic E-state index is 12.6. The van der Waals surface area contributed by atoms with Gasteiger partial charge in [0, 0.05) is 32.2 Å². The number of rotatable bonds is 7. The number of carbonyl (C=O) groups excluding carboxylic acids is 1. The second kappa shape index (κ2) is 9.23. The lowest BCUT2D eigenvalue weighted by atomic mass is 10.2. The van der Waals surface area contributed by atoms with Gasteiger partial charge in [-0.1, -0.05) is 13.8 Å². The van der Waals surface area contributed by atoms with Gasteiger partial charge in [0.05, 0.1) is 17.0 Å². The first-order chi connectivity index (χ1) is 13.1. The van der Waals surface area contributed by atoms with Gasteiger partial charge in [-0.05, 0) is 37.1 Å². The molecule has 0 aliphatic carbocycles. The second-order valence-electron chi connectivity index (χ2n) is 6.78. The van der Waals surface area contributed by atoms with Crippen LogP contribution in [0, 0.1) is 0 Å². The fourth-order valence-electron chi connectivity index (χ4n) is 3.06. The summed E-state index contributed by atoms with van der Waals surface area (Å²) >= 11 is 0. The first kappa shape index (κ1) is 22.6. The predicted octanol–water partition coefficient (Wildman–Crippen LogP) is 2.32. The normalized spacial score (nSPS) is 17.1. The maximum Gasteiger partial charge on any atom is 0.416 e. The summed E-state index contributed by atoms with van der Waals surface area (Å²) < 4.78 is 64.5. The number of sulfonamides is 1. The molecule has 0 saturated carbocycles. The average molecular weight is 421 g/mol. The van der Waals surface area contributed by atoms with Crippen molar-refractivity contribution in [2.45, 2.75) is 43.8 Å². The Balaban J connectivity index is 1.94. The molecular formula is C18H26F3N3O3S. The molecule has 1 fully saturated rings. The van der Waals surface area contributed by atoms with E-state index >= 15 is 0 Å². The Morgan fingerprint density at radius 2 is 1.61 bits per heavy atom. The van der Waals surface area contributed by atoms with E-state index in [4.69, 9.17) is 0 Å². The van der Waals surface area contributed by atoms with Crippen molar-refractivity contribution < 1.29 is 26.4 Å². The van der Waals surface area contributed by atoms with Crippen LogP contribution in [0.25, 0.3) is 0 Å².